The van der Waals surface area contributed by atoms with Crippen molar-refractivity contribution in [2.24, 2.45) is 5.92 Å². The Morgan fingerprint density at radius 1 is 1.03 bits per heavy atom. The number of carboxylic acids is 1. The zero-order valence-corrected chi connectivity index (χ0v) is 16.4. The van der Waals surface area contributed by atoms with Crippen LogP contribution in [0.3, 0.4) is 0 Å². The molecule has 1 heterocycles. The second-order valence-corrected chi connectivity index (χ2v) is 6.96. The number of ether oxygens (including phenoxy) is 5. The molecule has 1 aliphatic heterocycles. The third-order valence-electron chi connectivity index (χ3n) is 5.45. The van der Waals surface area contributed by atoms with E-state index in [1.807, 2.05) is 6.07 Å². The van der Waals surface area contributed by atoms with Crippen LogP contribution in [0.25, 0.3) is 11.1 Å². The molecule has 2 N–H and O–H groups in total. The number of fused-ring (bicyclic) bond motifs is 2. The first-order valence-corrected chi connectivity index (χ1v) is 9.14. The monoisotopic (exact) mass is 402 g/mol. The number of carbonyl (C=O) groups is 1. The third-order valence-corrected chi connectivity index (χ3v) is 5.45. The number of hydrogen-bond acceptors (Lipinski definition) is 7. The van der Waals surface area contributed by atoms with E-state index in [9.17, 15) is 15.0 Å². The van der Waals surface area contributed by atoms with Gasteiger partial charge in [0, 0.05) is 5.56 Å². The van der Waals surface area contributed by atoms with Crippen LogP contribution >= 0.6 is 0 Å². The molecule has 8 heteroatoms. The van der Waals surface area contributed by atoms with Crippen molar-refractivity contribution >= 4 is 5.97 Å². The second-order valence-electron chi connectivity index (χ2n) is 6.96. The molecule has 29 heavy (non-hydrogen) atoms. The fourth-order valence-corrected chi connectivity index (χ4v) is 4.06. The lowest BCUT2D eigenvalue weighted by atomic mass is 9.78. The lowest BCUT2D eigenvalue weighted by Crippen LogP contribution is -2.36. The number of aliphatic hydroxyl groups is 1. The number of aliphatic hydroxyl groups excluding tert-OH is 1. The maximum Gasteiger partial charge on any atom is 0.309 e. The minimum atomic E-state index is -1.03. The summed E-state index contributed by atoms with van der Waals surface area (Å²) >= 11 is 0. The molecule has 0 saturated carbocycles. The Kier molecular flexibility index (Phi) is 4.87. The van der Waals surface area contributed by atoms with Gasteiger partial charge in [-0.2, -0.15) is 0 Å². The Balaban J connectivity index is 1.96. The van der Waals surface area contributed by atoms with Gasteiger partial charge >= 0.3 is 5.97 Å². The number of rotatable bonds is 5. The zero-order valence-electron chi connectivity index (χ0n) is 16.4. The van der Waals surface area contributed by atoms with Gasteiger partial charge in [0.2, 0.25) is 12.5 Å². The standard InChI is InChI=1S/C21H22O8/c1-25-15-6-11(7-16(26-2)19(15)27-3)18-12-8-13(21(23)24)14(22)4-10(12)5-17-20(18)29-9-28-17/h5-7,13-14,22H,4,8-9H2,1-3H3,(H,23,24)/t13-,14-/m1/s1. The Morgan fingerprint density at radius 3 is 2.31 bits per heavy atom. The average molecular weight is 402 g/mol. The predicted molar refractivity (Wildman–Crippen MR) is 102 cm³/mol. The van der Waals surface area contributed by atoms with Crippen LogP contribution in [0.15, 0.2) is 18.2 Å². The molecule has 0 fully saturated rings. The van der Waals surface area contributed by atoms with Crippen LogP contribution in [0, 0.1) is 5.92 Å². The van der Waals surface area contributed by atoms with Gasteiger partial charge in [-0.1, -0.05) is 0 Å². The minimum Gasteiger partial charge on any atom is -0.493 e. The van der Waals surface area contributed by atoms with Crippen molar-refractivity contribution in [2.45, 2.75) is 18.9 Å². The average Bonchev–Trinajstić information content (AvgIpc) is 3.18. The molecule has 4 rings (SSSR count). The molecule has 8 nitrogen and oxygen atoms in total. The van der Waals surface area contributed by atoms with Gasteiger partial charge in [-0.05, 0) is 47.7 Å². The highest BCUT2D eigenvalue weighted by Crippen LogP contribution is 2.50. The van der Waals surface area contributed by atoms with E-state index in [4.69, 9.17) is 23.7 Å². The molecule has 0 unspecified atom stereocenters. The molecule has 2 aromatic carbocycles. The molecule has 0 amide bonds. The van der Waals surface area contributed by atoms with E-state index >= 15 is 0 Å². The quantitative estimate of drug-likeness (QED) is 0.785. The van der Waals surface area contributed by atoms with E-state index in [-0.39, 0.29) is 19.6 Å². The smallest absolute Gasteiger partial charge is 0.309 e. The van der Waals surface area contributed by atoms with Crippen LogP contribution in [0.2, 0.25) is 0 Å². The molecule has 2 aromatic rings. The van der Waals surface area contributed by atoms with Crippen molar-refractivity contribution < 1.29 is 38.7 Å². The molecule has 0 aromatic heterocycles. The SMILES string of the molecule is COc1cc(-c2c3c(cc4c2OCO4)C[C@@H](O)[C@H](C(=O)O)C3)cc(OC)c1OC. The minimum absolute atomic E-state index is 0.0700. The van der Waals surface area contributed by atoms with Crippen LogP contribution in [-0.2, 0) is 17.6 Å². The van der Waals surface area contributed by atoms with Crippen LogP contribution < -0.4 is 23.7 Å². The molecule has 1 aliphatic carbocycles. The van der Waals surface area contributed by atoms with Crippen LogP contribution in [0.4, 0.5) is 0 Å². The molecule has 0 bridgehead atoms. The largest absolute Gasteiger partial charge is 0.493 e. The van der Waals surface area contributed by atoms with Crippen molar-refractivity contribution in [3.8, 4) is 39.9 Å². The predicted octanol–water partition coefficient (Wildman–Crippen LogP) is 2.27. The summed E-state index contributed by atoms with van der Waals surface area (Å²) in [6, 6.07) is 5.40. The highest BCUT2D eigenvalue weighted by atomic mass is 16.7. The van der Waals surface area contributed by atoms with Gasteiger partial charge in [0.05, 0.1) is 33.4 Å². The number of methoxy groups -OCH3 is 3. The summed E-state index contributed by atoms with van der Waals surface area (Å²) in [5.74, 6) is 0.569. The fraction of sp³-hybridized carbons (Fsp3) is 0.381. The Bertz CT molecular complexity index is 943. The molecule has 0 saturated heterocycles. The first-order chi connectivity index (χ1) is 14.0. The van der Waals surface area contributed by atoms with Gasteiger partial charge in [-0.15, -0.1) is 0 Å². The molecular weight excluding hydrogens is 380 g/mol. The number of aliphatic carboxylic acids is 1. The molecule has 154 valence electrons. The first-order valence-electron chi connectivity index (χ1n) is 9.14. The Labute approximate surface area is 167 Å². The van der Waals surface area contributed by atoms with E-state index in [1.54, 1.807) is 12.1 Å². The van der Waals surface area contributed by atoms with Crippen molar-refractivity contribution in [1.29, 1.82) is 0 Å². The molecular formula is C21H22O8. The van der Waals surface area contributed by atoms with Crippen LogP contribution in [-0.4, -0.2) is 50.4 Å². The number of benzene rings is 2. The molecule has 2 aliphatic rings. The summed E-state index contributed by atoms with van der Waals surface area (Å²) in [4.78, 5) is 11.7. The zero-order chi connectivity index (χ0) is 20.7. The van der Waals surface area contributed by atoms with Crippen LogP contribution in [0.5, 0.6) is 28.7 Å². The van der Waals surface area contributed by atoms with Gasteiger partial charge in [0.25, 0.3) is 0 Å². The Hall–Kier alpha value is -3.13. The third kappa shape index (κ3) is 3.09. The summed E-state index contributed by atoms with van der Waals surface area (Å²) in [5.41, 5.74) is 3.08. The highest BCUT2D eigenvalue weighted by Gasteiger charge is 2.37. The summed E-state index contributed by atoms with van der Waals surface area (Å²) < 4.78 is 27.7. The lowest BCUT2D eigenvalue weighted by molar-refractivity contribution is -0.145. The van der Waals surface area contributed by atoms with Crippen molar-refractivity contribution in [3.05, 3.63) is 29.3 Å². The second kappa shape index (κ2) is 7.36. The topological polar surface area (TPSA) is 104 Å². The van der Waals surface area contributed by atoms with Gasteiger partial charge in [0.1, 0.15) is 0 Å². The number of hydrogen-bond donors (Lipinski definition) is 2. The van der Waals surface area contributed by atoms with Gasteiger partial charge < -0.3 is 33.9 Å². The first kappa shape index (κ1) is 19.2. The van der Waals surface area contributed by atoms with E-state index in [2.05, 4.69) is 0 Å². The van der Waals surface area contributed by atoms with Crippen LogP contribution in [0.1, 0.15) is 11.1 Å². The summed E-state index contributed by atoms with van der Waals surface area (Å²) in [7, 11) is 4.59. The summed E-state index contributed by atoms with van der Waals surface area (Å²) in [5, 5.41) is 19.9. The summed E-state index contributed by atoms with van der Waals surface area (Å²) in [6.07, 6.45) is -0.567. The molecule has 2 atom stereocenters. The van der Waals surface area contributed by atoms with Gasteiger partial charge in [0.15, 0.2) is 23.0 Å². The Morgan fingerprint density at radius 2 is 1.72 bits per heavy atom. The maximum atomic E-state index is 11.7. The maximum absolute atomic E-state index is 11.7. The van der Waals surface area contributed by atoms with Gasteiger partial charge in [-0.25, -0.2) is 0 Å². The van der Waals surface area contributed by atoms with E-state index < -0.39 is 18.0 Å². The van der Waals surface area contributed by atoms with Gasteiger partial charge in [-0.3, -0.25) is 4.79 Å². The van der Waals surface area contributed by atoms with E-state index in [0.29, 0.717) is 34.3 Å². The summed E-state index contributed by atoms with van der Waals surface area (Å²) in [6.45, 7) is 0.0700. The lowest BCUT2D eigenvalue weighted by Gasteiger charge is -2.29. The van der Waals surface area contributed by atoms with Crippen molar-refractivity contribution in [2.75, 3.05) is 28.1 Å². The normalized spacial score (nSPS) is 19.4. The fourth-order valence-electron chi connectivity index (χ4n) is 4.06. The number of carboxylic acid groups (broad SMARTS) is 1. The molecule has 0 spiro atoms. The van der Waals surface area contributed by atoms with E-state index in [0.717, 1.165) is 16.7 Å². The molecule has 0 radical (unpaired) electrons. The van der Waals surface area contributed by atoms with E-state index in [1.165, 1.54) is 21.3 Å². The van der Waals surface area contributed by atoms with Crippen molar-refractivity contribution in [1.82, 2.24) is 0 Å². The van der Waals surface area contributed by atoms with Crippen molar-refractivity contribution in [3.63, 3.8) is 0 Å². The highest BCUT2D eigenvalue weighted by molar-refractivity contribution is 5.83.